The molecule has 6 nitrogen and oxygen atoms in total. The summed E-state index contributed by atoms with van der Waals surface area (Å²) >= 11 is 0. The van der Waals surface area contributed by atoms with Crippen molar-refractivity contribution in [2.24, 2.45) is 17.3 Å². The van der Waals surface area contributed by atoms with E-state index >= 15 is 0 Å². The van der Waals surface area contributed by atoms with Crippen molar-refractivity contribution in [1.82, 2.24) is 0 Å². The molecule has 9 atom stereocenters. The molecule has 0 aromatic heterocycles. The molecule has 2 fully saturated rings. The number of aliphatic hydroxyl groups is 1. The Balaban J connectivity index is 1.45. The van der Waals surface area contributed by atoms with Crippen LogP contribution in [0.5, 0.6) is 0 Å². The molecule has 0 amide bonds. The third-order valence-corrected chi connectivity index (χ3v) is 9.48. The molecule has 0 radical (unpaired) electrons. The number of carbonyl (C=O) groups excluding carboxylic acids is 3. The Morgan fingerprint density at radius 2 is 2.12 bits per heavy atom. The van der Waals surface area contributed by atoms with Gasteiger partial charge in [0.05, 0.1) is 11.5 Å². The topological polar surface area (TPSA) is 93.2 Å². The third-order valence-electron chi connectivity index (χ3n) is 9.48. The normalized spacial score (nSPS) is 37.9. The highest BCUT2D eigenvalue weighted by Crippen LogP contribution is 2.66. The van der Waals surface area contributed by atoms with E-state index in [1.807, 2.05) is 20.8 Å². The Hall–Kier alpha value is -2.31. The van der Waals surface area contributed by atoms with Crippen LogP contribution in [-0.2, 0) is 30.3 Å². The highest BCUT2D eigenvalue weighted by molar-refractivity contribution is 5.97. The lowest BCUT2D eigenvalue weighted by atomic mass is 9.48. The summed E-state index contributed by atoms with van der Waals surface area (Å²) in [5, 5.41) is 11.6. The van der Waals surface area contributed by atoms with Gasteiger partial charge in [-0.15, -0.1) is 0 Å². The van der Waals surface area contributed by atoms with E-state index in [0.29, 0.717) is 19.3 Å². The molecule has 1 aromatic rings. The molecule has 0 bridgehead atoms. The van der Waals surface area contributed by atoms with Crippen LogP contribution in [0.15, 0.2) is 30.4 Å². The van der Waals surface area contributed by atoms with Crippen LogP contribution in [0.25, 0.3) is 0 Å². The summed E-state index contributed by atoms with van der Waals surface area (Å²) in [4.78, 5) is 36.1. The lowest BCUT2D eigenvalue weighted by Crippen LogP contribution is -2.65. The third kappa shape index (κ3) is 3.25. The molecule has 0 unspecified atom stereocenters. The standard InChI is InChI=1S/C28H34O6/c1-15(17(3)30)12-22(33-14-29)16(2)18-7-9-20-19(13-18)8-10-21-24(20)25-26(34-25)28(32)11-5-6-23(31)27(21,28)4/h5-7,9,13-16,21-22,24-26,32H,8,10-12H2,1-4H3/t15-,16-,21-,22-,24-,25-,26-,27-,28-/m0/s1. The van der Waals surface area contributed by atoms with E-state index in [4.69, 9.17) is 9.47 Å². The number of allylic oxidation sites excluding steroid dienone is 1. The molecule has 5 rings (SSSR count). The molecule has 1 saturated carbocycles. The zero-order valence-electron chi connectivity index (χ0n) is 20.3. The summed E-state index contributed by atoms with van der Waals surface area (Å²) in [5.74, 6) is -0.0412. The number of benzene rings is 1. The summed E-state index contributed by atoms with van der Waals surface area (Å²) in [7, 11) is 0. The highest BCUT2D eigenvalue weighted by atomic mass is 16.6. The number of aryl methyl sites for hydroxylation is 1. The van der Waals surface area contributed by atoms with Gasteiger partial charge in [0.1, 0.15) is 23.6 Å². The summed E-state index contributed by atoms with van der Waals surface area (Å²) < 4.78 is 11.5. The number of epoxide rings is 1. The number of fused-ring (bicyclic) bond motifs is 8. The number of Topliss-reactive ketones (excluding diaryl/α,β-unsaturated/α-hetero) is 1. The Morgan fingerprint density at radius 3 is 2.82 bits per heavy atom. The van der Waals surface area contributed by atoms with Crippen LogP contribution in [0.1, 0.15) is 75.5 Å². The number of hydrogen-bond acceptors (Lipinski definition) is 6. The average Bonchev–Trinajstić information content (AvgIpc) is 3.61. The molecule has 1 N–H and O–H groups in total. The predicted molar refractivity (Wildman–Crippen MR) is 125 cm³/mol. The van der Waals surface area contributed by atoms with Gasteiger partial charge in [0, 0.05) is 17.8 Å². The van der Waals surface area contributed by atoms with Crippen LogP contribution in [0.2, 0.25) is 0 Å². The van der Waals surface area contributed by atoms with E-state index in [1.54, 1.807) is 19.1 Å². The van der Waals surface area contributed by atoms with Gasteiger partial charge < -0.3 is 14.6 Å². The van der Waals surface area contributed by atoms with E-state index in [9.17, 15) is 19.5 Å². The number of ether oxygens (including phenoxy) is 2. The summed E-state index contributed by atoms with van der Waals surface area (Å²) in [6, 6.07) is 6.41. The van der Waals surface area contributed by atoms with Crippen molar-refractivity contribution in [3.63, 3.8) is 0 Å². The summed E-state index contributed by atoms with van der Waals surface area (Å²) in [6.45, 7) is 7.87. The molecule has 3 aliphatic carbocycles. The SMILES string of the molecule is CC(=O)[C@@H](C)C[C@H](OC=O)[C@@H](C)c1ccc2c(c1)CC[C@H]1[C@H]2[C@@H]2O[C@@H]2[C@@]2(O)CC=CC(=O)[C@]12C. The minimum atomic E-state index is -1.14. The molecule has 4 aliphatic rings. The number of rotatable bonds is 7. The summed E-state index contributed by atoms with van der Waals surface area (Å²) in [5.41, 5.74) is 1.53. The first kappa shape index (κ1) is 23.4. The van der Waals surface area contributed by atoms with Crippen LogP contribution in [0.4, 0.5) is 0 Å². The van der Waals surface area contributed by atoms with Crippen molar-refractivity contribution < 1.29 is 29.0 Å². The molecule has 0 spiro atoms. The zero-order chi connectivity index (χ0) is 24.4. The van der Waals surface area contributed by atoms with Crippen LogP contribution in [-0.4, -0.2) is 47.1 Å². The van der Waals surface area contributed by atoms with Crippen LogP contribution >= 0.6 is 0 Å². The Labute approximate surface area is 200 Å². The fraction of sp³-hybridized carbons (Fsp3) is 0.607. The Morgan fingerprint density at radius 1 is 1.35 bits per heavy atom. The minimum Gasteiger partial charge on any atom is -0.464 e. The minimum absolute atomic E-state index is 0.00679. The Bertz CT molecular complexity index is 1060. The molecular weight excluding hydrogens is 432 g/mol. The molecule has 182 valence electrons. The van der Waals surface area contributed by atoms with Crippen molar-refractivity contribution >= 4 is 18.0 Å². The van der Waals surface area contributed by atoms with E-state index < -0.39 is 11.0 Å². The summed E-state index contributed by atoms with van der Waals surface area (Å²) in [6.07, 6.45) is 5.26. The largest absolute Gasteiger partial charge is 0.464 e. The quantitative estimate of drug-likeness (QED) is 0.487. The second-order valence-corrected chi connectivity index (χ2v) is 11.1. The first-order valence-corrected chi connectivity index (χ1v) is 12.4. The average molecular weight is 467 g/mol. The van der Waals surface area contributed by atoms with E-state index in [-0.39, 0.29) is 53.6 Å². The van der Waals surface area contributed by atoms with Crippen molar-refractivity contribution in [2.75, 3.05) is 0 Å². The second-order valence-electron chi connectivity index (χ2n) is 11.1. The van der Waals surface area contributed by atoms with Crippen LogP contribution < -0.4 is 0 Å². The fourth-order valence-corrected chi connectivity index (χ4v) is 7.03. The van der Waals surface area contributed by atoms with Gasteiger partial charge in [-0.1, -0.05) is 38.1 Å². The highest BCUT2D eigenvalue weighted by Gasteiger charge is 2.75. The predicted octanol–water partition coefficient (Wildman–Crippen LogP) is 3.64. The van der Waals surface area contributed by atoms with Crippen molar-refractivity contribution in [1.29, 1.82) is 0 Å². The maximum atomic E-state index is 13.1. The molecule has 1 heterocycles. The van der Waals surface area contributed by atoms with Crippen molar-refractivity contribution in [2.45, 2.75) is 89.1 Å². The van der Waals surface area contributed by atoms with Gasteiger partial charge in [0.25, 0.3) is 6.47 Å². The molecule has 6 heteroatoms. The first-order chi connectivity index (χ1) is 16.1. The van der Waals surface area contributed by atoms with Gasteiger partial charge in [-0.05, 0) is 68.2 Å². The molecule has 1 aromatic carbocycles. The van der Waals surface area contributed by atoms with Crippen molar-refractivity contribution in [3.05, 3.63) is 47.0 Å². The smallest absolute Gasteiger partial charge is 0.293 e. The van der Waals surface area contributed by atoms with Crippen LogP contribution in [0, 0.1) is 17.3 Å². The zero-order valence-corrected chi connectivity index (χ0v) is 20.3. The molecule has 1 saturated heterocycles. The second kappa shape index (κ2) is 8.13. The number of hydrogen-bond donors (Lipinski definition) is 1. The lowest BCUT2D eigenvalue weighted by Gasteiger charge is -2.55. The van der Waals surface area contributed by atoms with Gasteiger partial charge in [-0.2, -0.15) is 0 Å². The maximum absolute atomic E-state index is 13.1. The molecular formula is C28H34O6. The van der Waals surface area contributed by atoms with E-state index in [2.05, 4.69) is 18.2 Å². The first-order valence-electron chi connectivity index (χ1n) is 12.4. The van der Waals surface area contributed by atoms with Gasteiger partial charge >= 0.3 is 0 Å². The van der Waals surface area contributed by atoms with Gasteiger partial charge in [-0.3, -0.25) is 14.4 Å². The maximum Gasteiger partial charge on any atom is 0.293 e. The lowest BCUT2D eigenvalue weighted by molar-refractivity contribution is -0.164. The van der Waals surface area contributed by atoms with Crippen molar-refractivity contribution in [3.8, 4) is 0 Å². The van der Waals surface area contributed by atoms with Gasteiger partial charge in [0.15, 0.2) is 5.78 Å². The number of carbonyl (C=O) groups is 3. The Kier molecular flexibility index (Phi) is 5.60. The molecule has 34 heavy (non-hydrogen) atoms. The van der Waals surface area contributed by atoms with Gasteiger partial charge in [-0.25, -0.2) is 0 Å². The van der Waals surface area contributed by atoms with E-state index in [0.717, 1.165) is 18.4 Å². The van der Waals surface area contributed by atoms with E-state index in [1.165, 1.54) is 11.1 Å². The molecule has 1 aliphatic heterocycles. The van der Waals surface area contributed by atoms with Crippen LogP contribution in [0.3, 0.4) is 0 Å². The number of ketones is 2. The fourth-order valence-electron chi connectivity index (χ4n) is 7.03. The van der Waals surface area contributed by atoms with Gasteiger partial charge in [0.2, 0.25) is 0 Å². The monoisotopic (exact) mass is 466 g/mol.